The number of nitriles is 1. The molecule has 0 radical (unpaired) electrons. The third-order valence-corrected chi connectivity index (χ3v) is 4.78. The number of rotatable bonds is 5. The summed E-state index contributed by atoms with van der Waals surface area (Å²) in [5, 5.41) is 16.4. The summed E-state index contributed by atoms with van der Waals surface area (Å²) in [7, 11) is 0. The van der Waals surface area contributed by atoms with Crippen LogP contribution in [0.5, 0.6) is 0 Å². The molecule has 0 aliphatic rings. The van der Waals surface area contributed by atoms with E-state index in [-0.39, 0.29) is 17.8 Å². The molecule has 0 bridgehead atoms. The van der Waals surface area contributed by atoms with Gasteiger partial charge in [-0.15, -0.1) is 0 Å². The summed E-state index contributed by atoms with van der Waals surface area (Å²) in [6.45, 7) is 3.64. The van der Waals surface area contributed by atoms with E-state index < -0.39 is 0 Å². The lowest BCUT2D eigenvalue weighted by Gasteiger charge is -2.12. The maximum atomic E-state index is 13.1. The zero-order chi connectivity index (χ0) is 21.0. The molecule has 1 atom stereocenters. The van der Waals surface area contributed by atoms with Crippen LogP contribution in [0.4, 0.5) is 4.39 Å². The molecule has 3 rings (SSSR count). The predicted molar refractivity (Wildman–Crippen MR) is 110 cm³/mol. The Bertz CT molecular complexity index is 1100. The highest BCUT2D eigenvalue weighted by molar-refractivity contribution is 6.31. The second kappa shape index (κ2) is 8.72. The largest absolute Gasteiger partial charge is 0.346 e. The van der Waals surface area contributed by atoms with E-state index in [4.69, 9.17) is 16.9 Å². The van der Waals surface area contributed by atoms with Crippen LogP contribution in [0.15, 0.2) is 54.6 Å². The molecule has 1 amide bonds. The number of nitrogens with one attached hydrogen (secondary N) is 1. The smallest absolute Gasteiger partial charge is 0.244 e. The third-order valence-electron chi connectivity index (χ3n) is 4.42. The van der Waals surface area contributed by atoms with E-state index in [2.05, 4.69) is 16.5 Å². The van der Waals surface area contributed by atoms with E-state index in [1.54, 1.807) is 49.4 Å². The molecule has 0 saturated heterocycles. The maximum Gasteiger partial charge on any atom is 0.244 e. The van der Waals surface area contributed by atoms with Gasteiger partial charge in [0.15, 0.2) is 0 Å². The summed E-state index contributed by atoms with van der Waals surface area (Å²) >= 11 is 6.41. The first kappa shape index (κ1) is 20.3. The van der Waals surface area contributed by atoms with Crippen molar-refractivity contribution in [2.45, 2.75) is 19.9 Å². The van der Waals surface area contributed by atoms with Gasteiger partial charge in [-0.25, -0.2) is 9.07 Å². The van der Waals surface area contributed by atoms with E-state index in [9.17, 15) is 9.18 Å². The lowest BCUT2D eigenvalue weighted by atomic mass is 10.1. The summed E-state index contributed by atoms with van der Waals surface area (Å²) in [5.74, 6) is -0.631. The Balaban J connectivity index is 1.73. The van der Waals surface area contributed by atoms with Gasteiger partial charge in [0, 0.05) is 11.6 Å². The van der Waals surface area contributed by atoms with Crippen molar-refractivity contribution in [2.75, 3.05) is 0 Å². The van der Waals surface area contributed by atoms with Gasteiger partial charge in [-0.2, -0.15) is 10.4 Å². The molecular formula is C22H18ClFN4O. The number of hydrogen-bond acceptors (Lipinski definition) is 3. The maximum absolute atomic E-state index is 13.1. The van der Waals surface area contributed by atoms with Gasteiger partial charge < -0.3 is 5.32 Å². The fourth-order valence-electron chi connectivity index (χ4n) is 2.80. The van der Waals surface area contributed by atoms with Gasteiger partial charge >= 0.3 is 0 Å². The van der Waals surface area contributed by atoms with Gasteiger partial charge in [0.25, 0.3) is 0 Å². The minimum atomic E-state index is -0.345. The molecule has 0 aliphatic heterocycles. The molecule has 1 unspecified atom stereocenters. The average molecular weight is 409 g/mol. The molecule has 0 fully saturated rings. The van der Waals surface area contributed by atoms with E-state index in [0.29, 0.717) is 27.7 Å². The van der Waals surface area contributed by atoms with Crippen LogP contribution in [0.25, 0.3) is 11.8 Å². The Morgan fingerprint density at radius 1 is 1.24 bits per heavy atom. The van der Waals surface area contributed by atoms with Gasteiger partial charge in [-0.3, -0.25) is 4.79 Å². The molecule has 5 nitrogen and oxygen atoms in total. The van der Waals surface area contributed by atoms with Crippen molar-refractivity contribution in [1.29, 1.82) is 5.26 Å². The molecule has 2 aromatic carbocycles. The Labute approximate surface area is 173 Å². The van der Waals surface area contributed by atoms with E-state index in [0.717, 1.165) is 5.56 Å². The second-order valence-corrected chi connectivity index (χ2v) is 6.83. The van der Waals surface area contributed by atoms with Gasteiger partial charge in [0.2, 0.25) is 5.91 Å². The first-order valence-corrected chi connectivity index (χ1v) is 9.26. The van der Waals surface area contributed by atoms with Crippen LogP contribution in [-0.2, 0) is 4.79 Å². The minimum Gasteiger partial charge on any atom is -0.346 e. The molecule has 1 heterocycles. The van der Waals surface area contributed by atoms with Crippen molar-refractivity contribution in [3.63, 3.8) is 0 Å². The van der Waals surface area contributed by atoms with Crippen LogP contribution in [-0.4, -0.2) is 15.7 Å². The average Bonchev–Trinajstić information content (AvgIpc) is 3.00. The highest BCUT2D eigenvalue weighted by Crippen LogP contribution is 2.25. The summed E-state index contributed by atoms with van der Waals surface area (Å²) in [6.07, 6.45) is 3.00. The van der Waals surface area contributed by atoms with E-state index >= 15 is 0 Å². The zero-order valence-corrected chi connectivity index (χ0v) is 16.6. The lowest BCUT2D eigenvalue weighted by Crippen LogP contribution is -2.24. The van der Waals surface area contributed by atoms with Gasteiger partial charge in [0.1, 0.15) is 11.0 Å². The van der Waals surface area contributed by atoms with Gasteiger partial charge in [0.05, 0.1) is 29.1 Å². The summed E-state index contributed by atoms with van der Waals surface area (Å²) in [4.78, 5) is 12.3. The summed E-state index contributed by atoms with van der Waals surface area (Å²) in [5.41, 5.74) is 3.33. The third kappa shape index (κ3) is 4.71. The SMILES string of the molecule is Cc1nn(-c2ccc(F)cc2)c(Cl)c1/C=C/C(=O)NC(C)c1ccc(C#N)cc1. The monoisotopic (exact) mass is 408 g/mol. The molecule has 1 aromatic heterocycles. The fourth-order valence-corrected chi connectivity index (χ4v) is 3.14. The normalized spacial score (nSPS) is 12.0. The Kier molecular flexibility index (Phi) is 6.10. The van der Waals surface area contributed by atoms with Crippen LogP contribution in [0.2, 0.25) is 5.15 Å². The molecule has 0 saturated carbocycles. The zero-order valence-electron chi connectivity index (χ0n) is 15.9. The molecule has 7 heteroatoms. The number of benzene rings is 2. The Morgan fingerprint density at radius 2 is 1.90 bits per heavy atom. The number of nitrogens with zero attached hydrogens (tertiary/aromatic N) is 3. The summed E-state index contributed by atoms with van der Waals surface area (Å²) in [6, 6.07) is 14.7. The minimum absolute atomic E-state index is 0.224. The standard InChI is InChI=1S/C22H18ClFN4O/c1-14(17-5-3-16(13-25)4-6-17)26-21(29)12-11-20-15(2)27-28(22(20)23)19-9-7-18(24)8-10-19/h3-12,14H,1-2H3,(H,26,29)/b12-11+. The number of carbonyl (C=O) groups excluding carboxylic acids is 1. The van der Waals surface area contributed by atoms with Crippen molar-refractivity contribution in [3.8, 4) is 11.8 Å². The molecule has 0 spiro atoms. The second-order valence-electron chi connectivity index (χ2n) is 6.48. The fraction of sp³-hybridized carbons (Fsp3) is 0.136. The number of amides is 1. The molecular weight excluding hydrogens is 391 g/mol. The molecule has 0 aliphatic carbocycles. The number of carbonyl (C=O) groups is 1. The predicted octanol–water partition coefficient (Wildman–Crippen LogP) is 4.74. The summed E-state index contributed by atoms with van der Waals surface area (Å²) < 4.78 is 14.6. The highest BCUT2D eigenvalue weighted by Gasteiger charge is 2.13. The lowest BCUT2D eigenvalue weighted by molar-refractivity contribution is -0.117. The van der Waals surface area contributed by atoms with Crippen molar-refractivity contribution in [3.05, 3.63) is 88.0 Å². The van der Waals surface area contributed by atoms with Crippen LogP contribution >= 0.6 is 11.6 Å². The number of halogens is 2. The first-order chi connectivity index (χ1) is 13.9. The molecule has 1 N–H and O–H groups in total. The van der Waals surface area contributed by atoms with Crippen LogP contribution in [0.1, 0.15) is 35.3 Å². The van der Waals surface area contributed by atoms with Crippen LogP contribution in [0.3, 0.4) is 0 Å². The topological polar surface area (TPSA) is 70.7 Å². The van der Waals surface area contributed by atoms with Crippen molar-refractivity contribution in [2.24, 2.45) is 0 Å². The van der Waals surface area contributed by atoms with Gasteiger partial charge in [-0.05, 0) is 61.9 Å². The molecule has 146 valence electrons. The number of hydrogen-bond donors (Lipinski definition) is 1. The van der Waals surface area contributed by atoms with Crippen LogP contribution < -0.4 is 5.32 Å². The van der Waals surface area contributed by atoms with E-state index in [1.807, 2.05) is 6.92 Å². The van der Waals surface area contributed by atoms with E-state index in [1.165, 1.54) is 22.9 Å². The van der Waals surface area contributed by atoms with Gasteiger partial charge in [-0.1, -0.05) is 23.7 Å². The quantitative estimate of drug-likeness (QED) is 0.620. The first-order valence-electron chi connectivity index (χ1n) is 8.88. The van der Waals surface area contributed by atoms with Crippen molar-refractivity contribution >= 4 is 23.6 Å². The highest BCUT2D eigenvalue weighted by atomic mass is 35.5. The number of aromatic nitrogens is 2. The molecule has 29 heavy (non-hydrogen) atoms. The van der Waals surface area contributed by atoms with Crippen molar-refractivity contribution < 1.29 is 9.18 Å². The molecule has 3 aromatic rings. The Hall–Kier alpha value is -3.43. The Morgan fingerprint density at radius 3 is 2.52 bits per heavy atom. The van der Waals surface area contributed by atoms with Crippen molar-refractivity contribution in [1.82, 2.24) is 15.1 Å². The number of aryl methyl sites for hydroxylation is 1. The van der Waals surface area contributed by atoms with Crippen LogP contribution in [0, 0.1) is 24.1 Å².